The van der Waals surface area contributed by atoms with Crippen molar-refractivity contribution >= 4 is 5.95 Å². The average Bonchev–Trinajstić information content (AvgIpc) is 2.79. The highest BCUT2D eigenvalue weighted by Gasteiger charge is 2.29. The third-order valence-electron chi connectivity index (χ3n) is 4.69. The van der Waals surface area contributed by atoms with Gasteiger partial charge in [-0.15, -0.1) is 0 Å². The normalized spacial score (nSPS) is 29.0. The predicted octanol–water partition coefficient (Wildman–Crippen LogP) is 1.13. The summed E-state index contributed by atoms with van der Waals surface area (Å²) in [6.45, 7) is 5.61. The largest absolute Gasteiger partial charge is 0.341 e. The summed E-state index contributed by atoms with van der Waals surface area (Å²) in [5, 5.41) is 3.84. The smallest absolute Gasteiger partial charge is 0.225 e. The molecule has 0 aliphatic carbocycles. The van der Waals surface area contributed by atoms with Crippen molar-refractivity contribution in [3.05, 3.63) is 18.5 Å². The molecule has 3 rings (SSSR count). The van der Waals surface area contributed by atoms with Crippen LogP contribution in [0.1, 0.15) is 26.2 Å². The molecule has 0 saturated carbocycles. The van der Waals surface area contributed by atoms with E-state index in [1.165, 1.54) is 25.8 Å². The van der Waals surface area contributed by atoms with Gasteiger partial charge in [0.2, 0.25) is 5.95 Å². The highest BCUT2D eigenvalue weighted by Crippen LogP contribution is 2.19. The molecule has 2 aliphatic rings. The number of hydrogen-bond donors (Lipinski definition) is 1. The average molecular weight is 275 g/mol. The maximum atomic E-state index is 4.34. The SMILES string of the molecule is CC1CC(NC2CCN(c3ncccn3)CC2)CN1C. The Morgan fingerprint density at radius 2 is 1.85 bits per heavy atom. The molecule has 0 amide bonds. The number of aromatic nitrogens is 2. The van der Waals surface area contributed by atoms with Gasteiger partial charge in [0.15, 0.2) is 0 Å². The minimum atomic E-state index is 0.652. The summed E-state index contributed by atoms with van der Waals surface area (Å²) in [6.07, 6.45) is 7.29. The fourth-order valence-electron chi connectivity index (χ4n) is 3.35. The van der Waals surface area contributed by atoms with E-state index in [4.69, 9.17) is 0 Å². The first-order chi connectivity index (χ1) is 9.72. The van der Waals surface area contributed by atoms with Crippen LogP contribution in [0.15, 0.2) is 18.5 Å². The van der Waals surface area contributed by atoms with Crippen LogP contribution in [0.3, 0.4) is 0 Å². The first-order valence-corrected chi connectivity index (χ1v) is 7.70. The van der Waals surface area contributed by atoms with Gasteiger partial charge in [0, 0.05) is 50.2 Å². The van der Waals surface area contributed by atoms with Crippen LogP contribution in [-0.2, 0) is 0 Å². The van der Waals surface area contributed by atoms with E-state index in [2.05, 4.69) is 39.1 Å². The molecule has 20 heavy (non-hydrogen) atoms. The first kappa shape index (κ1) is 13.8. The summed E-state index contributed by atoms with van der Waals surface area (Å²) in [5.74, 6) is 0.875. The van der Waals surface area contributed by atoms with Gasteiger partial charge in [-0.3, -0.25) is 0 Å². The number of nitrogens with one attached hydrogen (secondary N) is 1. The molecule has 110 valence electrons. The zero-order valence-corrected chi connectivity index (χ0v) is 12.5. The Kier molecular flexibility index (Phi) is 4.17. The zero-order chi connectivity index (χ0) is 13.9. The van der Waals surface area contributed by atoms with Gasteiger partial charge in [-0.2, -0.15) is 0 Å². The quantitative estimate of drug-likeness (QED) is 0.896. The summed E-state index contributed by atoms with van der Waals surface area (Å²) < 4.78 is 0. The second kappa shape index (κ2) is 6.06. The summed E-state index contributed by atoms with van der Waals surface area (Å²) in [5.41, 5.74) is 0. The number of likely N-dealkylation sites (N-methyl/N-ethyl adjacent to an activating group) is 1. The third-order valence-corrected chi connectivity index (χ3v) is 4.69. The fraction of sp³-hybridized carbons (Fsp3) is 0.733. The lowest BCUT2D eigenvalue weighted by atomic mass is 10.0. The highest BCUT2D eigenvalue weighted by atomic mass is 15.3. The molecule has 0 aromatic carbocycles. The van der Waals surface area contributed by atoms with E-state index in [0.717, 1.165) is 19.0 Å². The Bertz CT molecular complexity index is 406. The monoisotopic (exact) mass is 275 g/mol. The van der Waals surface area contributed by atoms with Gasteiger partial charge in [0.05, 0.1) is 0 Å². The Labute approximate surface area is 121 Å². The summed E-state index contributed by atoms with van der Waals surface area (Å²) in [6, 6.07) is 3.90. The predicted molar refractivity (Wildman–Crippen MR) is 80.9 cm³/mol. The van der Waals surface area contributed by atoms with Crippen LogP contribution in [0, 0.1) is 0 Å². The van der Waals surface area contributed by atoms with Crippen LogP contribution in [0.4, 0.5) is 5.95 Å². The Balaban J connectivity index is 1.47. The molecule has 1 aromatic heterocycles. The minimum Gasteiger partial charge on any atom is -0.341 e. The maximum absolute atomic E-state index is 4.34. The van der Waals surface area contributed by atoms with Gasteiger partial charge in [0.1, 0.15) is 0 Å². The van der Waals surface area contributed by atoms with E-state index >= 15 is 0 Å². The van der Waals surface area contributed by atoms with Crippen LogP contribution in [0.5, 0.6) is 0 Å². The van der Waals surface area contributed by atoms with Crippen molar-refractivity contribution < 1.29 is 0 Å². The lowest BCUT2D eigenvalue weighted by Gasteiger charge is -2.33. The third kappa shape index (κ3) is 3.10. The first-order valence-electron chi connectivity index (χ1n) is 7.70. The molecule has 0 spiro atoms. The number of anilines is 1. The molecular formula is C15H25N5. The Morgan fingerprint density at radius 1 is 1.15 bits per heavy atom. The van der Waals surface area contributed by atoms with E-state index < -0.39 is 0 Å². The molecule has 2 atom stereocenters. The lowest BCUT2D eigenvalue weighted by molar-refractivity contribution is 0.319. The number of piperidine rings is 1. The molecular weight excluding hydrogens is 250 g/mol. The fourth-order valence-corrected chi connectivity index (χ4v) is 3.35. The molecule has 2 unspecified atom stereocenters. The number of hydrogen-bond acceptors (Lipinski definition) is 5. The summed E-state index contributed by atoms with van der Waals surface area (Å²) in [7, 11) is 2.22. The highest BCUT2D eigenvalue weighted by molar-refractivity contribution is 5.29. The van der Waals surface area contributed by atoms with Crippen LogP contribution >= 0.6 is 0 Å². The Morgan fingerprint density at radius 3 is 2.45 bits per heavy atom. The van der Waals surface area contributed by atoms with Crippen LogP contribution in [0.2, 0.25) is 0 Å². The van der Waals surface area contributed by atoms with Crippen LogP contribution < -0.4 is 10.2 Å². The molecule has 2 fully saturated rings. The number of rotatable bonds is 3. The molecule has 1 aromatic rings. The molecule has 2 saturated heterocycles. The molecule has 1 N–H and O–H groups in total. The number of likely N-dealkylation sites (tertiary alicyclic amines) is 1. The van der Waals surface area contributed by atoms with Crippen molar-refractivity contribution in [1.29, 1.82) is 0 Å². The topological polar surface area (TPSA) is 44.3 Å². The number of nitrogens with zero attached hydrogens (tertiary/aromatic N) is 4. The van der Waals surface area contributed by atoms with Gasteiger partial charge in [-0.25, -0.2) is 9.97 Å². The molecule has 0 radical (unpaired) electrons. The summed E-state index contributed by atoms with van der Waals surface area (Å²) >= 11 is 0. The van der Waals surface area contributed by atoms with Gasteiger partial charge >= 0.3 is 0 Å². The van der Waals surface area contributed by atoms with Crippen molar-refractivity contribution in [2.75, 3.05) is 31.6 Å². The summed E-state index contributed by atoms with van der Waals surface area (Å²) in [4.78, 5) is 13.4. The van der Waals surface area contributed by atoms with Crippen LogP contribution in [0.25, 0.3) is 0 Å². The second-order valence-electron chi connectivity index (χ2n) is 6.20. The molecule has 5 heteroatoms. The van der Waals surface area contributed by atoms with Crippen molar-refractivity contribution in [3.8, 4) is 0 Å². The minimum absolute atomic E-state index is 0.652. The van der Waals surface area contributed by atoms with Crippen molar-refractivity contribution in [2.24, 2.45) is 0 Å². The van der Waals surface area contributed by atoms with Gasteiger partial charge in [-0.1, -0.05) is 0 Å². The second-order valence-corrected chi connectivity index (χ2v) is 6.20. The van der Waals surface area contributed by atoms with Gasteiger partial charge in [-0.05, 0) is 39.3 Å². The maximum Gasteiger partial charge on any atom is 0.225 e. The lowest BCUT2D eigenvalue weighted by Crippen LogP contribution is -2.47. The molecule has 0 bridgehead atoms. The van der Waals surface area contributed by atoms with E-state index in [9.17, 15) is 0 Å². The van der Waals surface area contributed by atoms with E-state index in [-0.39, 0.29) is 0 Å². The van der Waals surface area contributed by atoms with Crippen molar-refractivity contribution in [1.82, 2.24) is 20.2 Å². The Hall–Kier alpha value is -1.20. The zero-order valence-electron chi connectivity index (χ0n) is 12.5. The van der Waals surface area contributed by atoms with E-state index in [1.807, 2.05) is 18.5 Å². The molecule has 5 nitrogen and oxygen atoms in total. The van der Waals surface area contributed by atoms with Crippen molar-refractivity contribution in [3.63, 3.8) is 0 Å². The van der Waals surface area contributed by atoms with Gasteiger partial charge in [0.25, 0.3) is 0 Å². The standard InChI is InChI=1S/C15H25N5/c1-12-10-14(11-19(12)2)18-13-4-8-20(9-5-13)15-16-6-3-7-17-15/h3,6-7,12-14,18H,4-5,8-11H2,1-2H3. The van der Waals surface area contributed by atoms with Gasteiger partial charge < -0.3 is 15.1 Å². The molecule has 3 heterocycles. The van der Waals surface area contributed by atoms with Crippen molar-refractivity contribution in [2.45, 2.75) is 44.3 Å². The van der Waals surface area contributed by atoms with Crippen LogP contribution in [-0.4, -0.2) is 59.7 Å². The van der Waals surface area contributed by atoms with E-state index in [1.54, 1.807) is 0 Å². The van der Waals surface area contributed by atoms with E-state index in [0.29, 0.717) is 18.1 Å². The molecule has 2 aliphatic heterocycles.